The van der Waals surface area contributed by atoms with Crippen molar-refractivity contribution in [3.8, 4) is 0 Å². The molecule has 0 bridgehead atoms. The molecule has 0 aliphatic carbocycles. The molecule has 0 aromatic heterocycles. The lowest BCUT2D eigenvalue weighted by Crippen LogP contribution is -2.44. The summed E-state index contributed by atoms with van der Waals surface area (Å²) in [5.74, 6) is -0.608. The Morgan fingerprint density at radius 1 is 1.22 bits per heavy atom. The number of carbonyl (C=O) groups excluding carboxylic acids is 2. The van der Waals surface area contributed by atoms with Crippen molar-refractivity contribution in [2.24, 2.45) is 5.73 Å². The lowest BCUT2D eigenvalue weighted by molar-refractivity contribution is -0.384. The van der Waals surface area contributed by atoms with E-state index in [1.54, 1.807) is 0 Å². The minimum atomic E-state index is -0.899. The van der Waals surface area contributed by atoms with Gasteiger partial charge in [-0.2, -0.15) is 0 Å². The quantitative estimate of drug-likeness (QED) is 0.403. The number of thiocarbonyl (C=S) groups is 1. The van der Waals surface area contributed by atoms with Gasteiger partial charge in [-0.05, 0) is 24.4 Å². The van der Waals surface area contributed by atoms with Crippen LogP contribution in [0.15, 0.2) is 24.3 Å². The standard InChI is InChI=1S/C9H8N4O4S/c10-8(15)12-9(18)11-7(14)5-1-3-6(4-2-5)13(16)17/h1-4H,(H4,10,11,12,14,15,18). The summed E-state index contributed by atoms with van der Waals surface area (Å²) in [4.78, 5) is 31.8. The molecule has 1 aromatic rings. The van der Waals surface area contributed by atoms with Crippen molar-refractivity contribution >= 4 is 35.0 Å². The molecule has 8 nitrogen and oxygen atoms in total. The van der Waals surface area contributed by atoms with E-state index in [4.69, 9.17) is 5.73 Å². The zero-order valence-electron chi connectivity index (χ0n) is 8.88. The van der Waals surface area contributed by atoms with Gasteiger partial charge in [-0.25, -0.2) is 4.79 Å². The smallest absolute Gasteiger partial charge is 0.318 e. The van der Waals surface area contributed by atoms with Crippen LogP contribution in [0.5, 0.6) is 0 Å². The fraction of sp³-hybridized carbons (Fsp3) is 0. The molecule has 18 heavy (non-hydrogen) atoms. The molecule has 0 atom stereocenters. The van der Waals surface area contributed by atoms with Crippen molar-refractivity contribution in [3.05, 3.63) is 39.9 Å². The Labute approximate surface area is 106 Å². The van der Waals surface area contributed by atoms with Crippen LogP contribution in [0.3, 0.4) is 0 Å². The normalized spacial score (nSPS) is 9.33. The molecule has 0 aliphatic heterocycles. The number of carbonyl (C=O) groups is 2. The number of nitro benzene ring substituents is 1. The predicted molar refractivity (Wildman–Crippen MR) is 65.9 cm³/mol. The van der Waals surface area contributed by atoms with Gasteiger partial charge >= 0.3 is 6.03 Å². The first-order valence-corrected chi connectivity index (χ1v) is 4.97. The van der Waals surface area contributed by atoms with E-state index in [1.807, 2.05) is 5.32 Å². The summed E-state index contributed by atoms with van der Waals surface area (Å²) < 4.78 is 0. The second-order valence-corrected chi connectivity index (χ2v) is 3.48. The number of nitro groups is 1. The molecule has 1 rings (SSSR count). The number of primary amides is 1. The number of hydrogen-bond acceptors (Lipinski definition) is 5. The molecule has 0 fully saturated rings. The van der Waals surface area contributed by atoms with E-state index >= 15 is 0 Å². The van der Waals surface area contributed by atoms with Crippen molar-refractivity contribution in [3.63, 3.8) is 0 Å². The number of nitrogens with zero attached hydrogens (tertiary/aromatic N) is 1. The van der Waals surface area contributed by atoms with Gasteiger partial charge in [0.15, 0.2) is 5.11 Å². The highest BCUT2D eigenvalue weighted by Gasteiger charge is 2.11. The van der Waals surface area contributed by atoms with Gasteiger partial charge in [0.25, 0.3) is 11.6 Å². The van der Waals surface area contributed by atoms with E-state index in [0.717, 1.165) is 0 Å². The first-order chi connectivity index (χ1) is 8.40. The topological polar surface area (TPSA) is 127 Å². The molecule has 3 amide bonds. The summed E-state index contributed by atoms with van der Waals surface area (Å²) in [5.41, 5.74) is 4.82. The predicted octanol–water partition coefficient (Wildman–Crippen LogP) is 0.278. The summed E-state index contributed by atoms with van der Waals surface area (Å²) in [6.07, 6.45) is 0. The maximum absolute atomic E-state index is 11.6. The number of rotatable bonds is 2. The van der Waals surface area contributed by atoms with E-state index in [-0.39, 0.29) is 16.4 Å². The van der Waals surface area contributed by atoms with Crippen molar-refractivity contribution in [2.75, 3.05) is 0 Å². The molecule has 0 saturated carbocycles. The van der Waals surface area contributed by atoms with Gasteiger partial charge in [0.2, 0.25) is 0 Å². The summed E-state index contributed by atoms with van der Waals surface area (Å²) in [5, 5.41) is 14.3. The van der Waals surface area contributed by atoms with Crippen LogP contribution in [0.4, 0.5) is 10.5 Å². The van der Waals surface area contributed by atoms with Crippen LogP contribution in [-0.4, -0.2) is 22.0 Å². The SMILES string of the molecule is NC(=O)NC(=S)NC(=O)c1ccc([N+](=O)[O-])cc1. The van der Waals surface area contributed by atoms with Crippen LogP contribution in [0.25, 0.3) is 0 Å². The molecule has 0 spiro atoms. The Morgan fingerprint density at radius 3 is 2.22 bits per heavy atom. The molecule has 4 N–H and O–H groups in total. The number of nitrogens with two attached hydrogens (primary N) is 1. The first-order valence-electron chi connectivity index (χ1n) is 4.56. The molecular formula is C9H8N4O4S. The van der Waals surface area contributed by atoms with Gasteiger partial charge in [-0.3, -0.25) is 25.5 Å². The maximum Gasteiger partial charge on any atom is 0.318 e. The third-order valence-electron chi connectivity index (χ3n) is 1.80. The molecule has 0 unspecified atom stereocenters. The van der Waals surface area contributed by atoms with Crippen molar-refractivity contribution in [1.82, 2.24) is 10.6 Å². The van der Waals surface area contributed by atoms with Crippen LogP contribution in [0, 0.1) is 10.1 Å². The molecule has 0 heterocycles. The van der Waals surface area contributed by atoms with Gasteiger partial charge in [0, 0.05) is 17.7 Å². The number of nitrogens with one attached hydrogen (secondary N) is 2. The van der Waals surface area contributed by atoms with Crippen LogP contribution in [0.1, 0.15) is 10.4 Å². The number of benzene rings is 1. The van der Waals surface area contributed by atoms with Gasteiger partial charge < -0.3 is 5.73 Å². The average molecular weight is 268 g/mol. The highest BCUT2D eigenvalue weighted by Crippen LogP contribution is 2.11. The minimum absolute atomic E-state index is 0.135. The molecule has 0 radical (unpaired) electrons. The van der Waals surface area contributed by atoms with Gasteiger partial charge in [0.05, 0.1) is 4.92 Å². The third kappa shape index (κ3) is 3.79. The van der Waals surface area contributed by atoms with Crippen LogP contribution in [0.2, 0.25) is 0 Å². The van der Waals surface area contributed by atoms with E-state index in [1.165, 1.54) is 24.3 Å². The summed E-state index contributed by atoms with van der Waals surface area (Å²) in [6.45, 7) is 0. The number of non-ortho nitro benzene ring substituents is 1. The third-order valence-corrected chi connectivity index (χ3v) is 2.01. The number of amides is 3. The second kappa shape index (κ2) is 5.68. The Bertz CT molecular complexity index is 514. The summed E-state index contributed by atoms with van der Waals surface area (Å²) >= 11 is 4.62. The summed E-state index contributed by atoms with van der Waals surface area (Å²) in [6, 6.07) is 3.99. The maximum atomic E-state index is 11.6. The molecule has 9 heteroatoms. The molecule has 94 valence electrons. The number of urea groups is 1. The monoisotopic (exact) mass is 268 g/mol. The lowest BCUT2D eigenvalue weighted by Gasteiger charge is -2.06. The molecular weight excluding hydrogens is 260 g/mol. The summed E-state index contributed by atoms with van der Waals surface area (Å²) in [7, 11) is 0. The molecule has 0 saturated heterocycles. The Hall–Kier alpha value is -2.55. The fourth-order valence-electron chi connectivity index (χ4n) is 1.05. The zero-order valence-corrected chi connectivity index (χ0v) is 9.69. The van der Waals surface area contributed by atoms with Crippen molar-refractivity contribution in [2.45, 2.75) is 0 Å². The highest BCUT2D eigenvalue weighted by atomic mass is 32.1. The van der Waals surface area contributed by atoms with Crippen molar-refractivity contribution in [1.29, 1.82) is 0 Å². The largest absolute Gasteiger partial charge is 0.351 e. The highest BCUT2D eigenvalue weighted by molar-refractivity contribution is 7.80. The Balaban J connectivity index is 2.70. The van der Waals surface area contributed by atoms with Crippen LogP contribution < -0.4 is 16.4 Å². The van der Waals surface area contributed by atoms with Gasteiger partial charge in [-0.1, -0.05) is 0 Å². The van der Waals surface area contributed by atoms with E-state index < -0.39 is 16.9 Å². The first kappa shape index (κ1) is 13.5. The van der Waals surface area contributed by atoms with Gasteiger partial charge in [0.1, 0.15) is 0 Å². The molecule has 0 aliphatic rings. The zero-order chi connectivity index (χ0) is 13.7. The van der Waals surface area contributed by atoms with E-state index in [2.05, 4.69) is 17.5 Å². The van der Waals surface area contributed by atoms with Crippen LogP contribution in [-0.2, 0) is 0 Å². The van der Waals surface area contributed by atoms with E-state index in [9.17, 15) is 19.7 Å². The van der Waals surface area contributed by atoms with Crippen LogP contribution >= 0.6 is 12.2 Å². The Morgan fingerprint density at radius 2 is 1.78 bits per heavy atom. The molecule has 1 aromatic carbocycles. The second-order valence-electron chi connectivity index (χ2n) is 3.08. The van der Waals surface area contributed by atoms with E-state index in [0.29, 0.717) is 0 Å². The minimum Gasteiger partial charge on any atom is -0.351 e. The van der Waals surface area contributed by atoms with Gasteiger partial charge in [-0.15, -0.1) is 0 Å². The number of hydrogen-bond donors (Lipinski definition) is 3. The lowest BCUT2D eigenvalue weighted by atomic mass is 10.2. The van der Waals surface area contributed by atoms with Crippen molar-refractivity contribution < 1.29 is 14.5 Å². The Kier molecular flexibility index (Phi) is 4.27. The fourth-order valence-corrected chi connectivity index (χ4v) is 1.25. The average Bonchev–Trinajstić information content (AvgIpc) is 2.27.